The van der Waals surface area contributed by atoms with Crippen LogP contribution in [0.1, 0.15) is 46.9 Å². The zero-order valence-electron chi connectivity index (χ0n) is 20.0. The average molecular weight is 528 g/mol. The molecule has 0 spiro atoms. The predicted octanol–water partition coefficient (Wildman–Crippen LogP) is 3.39. The predicted molar refractivity (Wildman–Crippen MR) is 137 cm³/mol. The maximum Gasteiger partial charge on any atom is 0.256 e. The fourth-order valence-electron chi connectivity index (χ4n) is 4.85. The number of benzene rings is 1. The smallest absolute Gasteiger partial charge is 0.256 e. The summed E-state index contributed by atoms with van der Waals surface area (Å²) in [5.41, 5.74) is 2.75. The van der Waals surface area contributed by atoms with E-state index in [2.05, 4.69) is 15.7 Å². The van der Waals surface area contributed by atoms with Gasteiger partial charge in [0.1, 0.15) is 5.82 Å². The lowest BCUT2D eigenvalue weighted by Gasteiger charge is -2.37. The molecule has 4 heterocycles. The van der Waals surface area contributed by atoms with Crippen LogP contribution in [0.2, 0.25) is 5.02 Å². The number of fused-ring (bicyclic) bond motifs is 1. The van der Waals surface area contributed by atoms with E-state index in [4.69, 9.17) is 26.9 Å². The molecule has 1 atom stereocenters. The summed E-state index contributed by atoms with van der Waals surface area (Å²) in [5, 5.41) is 14.2. The molecular formula is C24H26ClN7O3S. The summed E-state index contributed by atoms with van der Waals surface area (Å²) < 4.78 is 27.9. The third-order valence-electron chi connectivity index (χ3n) is 6.60. The lowest BCUT2D eigenvalue weighted by Crippen LogP contribution is -2.46. The molecule has 1 aromatic carbocycles. The second-order valence-corrected chi connectivity index (χ2v) is 11.6. The van der Waals surface area contributed by atoms with Crippen LogP contribution in [0.4, 0.5) is 11.5 Å². The van der Waals surface area contributed by atoms with E-state index in [1.807, 2.05) is 19.2 Å². The third-order valence-corrected chi connectivity index (χ3v) is 7.43. The molecule has 2 fully saturated rings. The zero-order chi connectivity index (χ0) is 25.6. The molecule has 0 aliphatic carbocycles. The number of piperidine rings is 1. The molecule has 188 valence electrons. The molecule has 0 saturated carbocycles. The SMILES string of the molecule is Cc1cn2nc(C3CCCCN3C(=O)c3cc(Cl)ccc3NS(C)(=O)=O)cc2nc1N1CC(C#N)C1. The monoisotopic (exact) mass is 527 g/mol. The van der Waals surface area contributed by atoms with Gasteiger partial charge in [0, 0.05) is 42.5 Å². The number of likely N-dealkylation sites (tertiary alicyclic amines) is 1. The number of hydrogen-bond donors (Lipinski definition) is 1. The number of hydrogen-bond acceptors (Lipinski definition) is 7. The third kappa shape index (κ3) is 4.70. The van der Waals surface area contributed by atoms with Gasteiger partial charge in [0.25, 0.3) is 5.91 Å². The maximum absolute atomic E-state index is 13.7. The zero-order valence-corrected chi connectivity index (χ0v) is 21.6. The first-order chi connectivity index (χ1) is 17.1. The molecular weight excluding hydrogens is 502 g/mol. The Morgan fingerprint density at radius 2 is 2.03 bits per heavy atom. The summed E-state index contributed by atoms with van der Waals surface area (Å²) >= 11 is 6.17. The van der Waals surface area contributed by atoms with Crippen molar-refractivity contribution in [3.8, 4) is 6.07 Å². The van der Waals surface area contributed by atoms with Gasteiger partial charge < -0.3 is 9.80 Å². The van der Waals surface area contributed by atoms with Gasteiger partial charge in [-0.1, -0.05) is 11.6 Å². The quantitative estimate of drug-likeness (QED) is 0.539. The van der Waals surface area contributed by atoms with Crippen molar-refractivity contribution >= 4 is 44.7 Å². The molecule has 0 bridgehead atoms. The highest BCUT2D eigenvalue weighted by atomic mass is 35.5. The Morgan fingerprint density at radius 3 is 2.75 bits per heavy atom. The van der Waals surface area contributed by atoms with Crippen LogP contribution in [0.3, 0.4) is 0 Å². The van der Waals surface area contributed by atoms with Crippen molar-refractivity contribution < 1.29 is 13.2 Å². The fraction of sp³-hybridized carbons (Fsp3) is 0.417. The topological polar surface area (TPSA) is 124 Å². The number of amides is 1. The van der Waals surface area contributed by atoms with Crippen LogP contribution < -0.4 is 9.62 Å². The summed E-state index contributed by atoms with van der Waals surface area (Å²) in [6.07, 6.45) is 5.46. The van der Waals surface area contributed by atoms with Gasteiger partial charge in [0.15, 0.2) is 5.65 Å². The van der Waals surface area contributed by atoms with Crippen LogP contribution in [-0.4, -0.2) is 59.7 Å². The number of nitriles is 1. The minimum Gasteiger partial charge on any atom is -0.354 e. The fourth-order valence-corrected chi connectivity index (χ4v) is 5.60. The van der Waals surface area contributed by atoms with Gasteiger partial charge in [0.2, 0.25) is 10.0 Å². The van der Waals surface area contributed by atoms with E-state index < -0.39 is 10.0 Å². The van der Waals surface area contributed by atoms with Crippen molar-refractivity contribution in [3.05, 3.63) is 52.3 Å². The van der Waals surface area contributed by atoms with Gasteiger partial charge >= 0.3 is 0 Å². The first-order valence-corrected chi connectivity index (χ1v) is 14.0. The van der Waals surface area contributed by atoms with E-state index in [0.29, 0.717) is 30.3 Å². The standard InChI is InChI=1S/C24H26ClN7O3S/c1-15-12-32-22(27-23(15)30-13-16(11-26)14-30)10-20(28-32)21-5-3-4-8-31(21)24(33)18-9-17(25)6-7-19(18)29-36(2,34)35/h6-7,9-10,12,16,21,29H,3-5,8,13-14H2,1-2H3. The second-order valence-electron chi connectivity index (χ2n) is 9.42. The van der Waals surface area contributed by atoms with Crippen LogP contribution >= 0.6 is 11.6 Å². The number of aryl methyl sites for hydroxylation is 1. The van der Waals surface area contributed by atoms with Gasteiger partial charge in [-0.2, -0.15) is 10.4 Å². The normalized spacial score (nSPS) is 18.7. The van der Waals surface area contributed by atoms with E-state index in [0.717, 1.165) is 42.6 Å². The summed E-state index contributed by atoms with van der Waals surface area (Å²) in [6.45, 7) is 3.81. The summed E-state index contributed by atoms with van der Waals surface area (Å²) in [6, 6.07) is 8.44. The number of carbonyl (C=O) groups excluding carboxylic acids is 1. The number of rotatable bonds is 5. The van der Waals surface area contributed by atoms with E-state index >= 15 is 0 Å². The van der Waals surface area contributed by atoms with E-state index in [9.17, 15) is 13.2 Å². The summed E-state index contributed by atoms with van der Waals surface area (Å²) in [4.78, 5) is 22.3. The van der Waals surface area contributed by atoms with Crippen LogP contribution in [0, 0.1) is 24.2 Å². The number of carbonyl (C=O) groups is 1. The van der Waals surface area contributed by atoms with Crippen LogP contribution in [-0.2, 0) is 10.0 Å². The van der Waals surface area contributed by atoms with Crippen molar-refractivity contribution in [2.24, 2.45) is 5.92 Å². The van der Waals surface area contributed by atoms with Crippen molar-refractivity contribution in [2.75, 3.05) is 35.5 Å². The number of nitrogens with zero attached hydrogens (tertiary/aromatic N) is 6. The van der Waals surface area contributed by atoms with Crippen LogP contribution in [0.15, 0.2) is 30.5 Å². The lowest BCUT2D eigenvalue weighted by atomic mass is 9.98. The molecule has 1 unspecified atom stereocenters. The van der Waals surface area contributed by atoms with Gasteiger partial charge in [-0.3, -0.25) is 9.52 Å². The number of halogens is 1. The van der Waals surface area contributed by atoms with Crippen LogP contribution in [0.5, 0.6) is 0 Å². The molecule has 36 heavy (non-hydrogen) atoms. The highest BCUT2D eigenvalue weighted by Crippen LogP contribution is 2.34. The molecule has 2 saturated heterocycles. The number of nitrogens with one attached hydrogen (secondary N) is 1. The Morgan fingerprint density at radius 1 is 1.25 bits per heavy atom. The van der Waals surface area contributed by atoms with Crippen molar-refractivity contribution in [1.29, 1.82) is 5.26 Å². The van der Waals surface area contributed by atoms with Gasteiger partial charge in [-0.25, -0.2) is 17.9 Å². The van der Waals surface area contributed by atoms with Crippen molar-refractivity contribution in [2.45, 2.75) is 32.2 Å². The molecule has 5 rings (SSSR count). The lowest BCUT2D eigenvalue weighted by molar-refractivity contribution is 0.0607. The Kier molecular flexibility index (Phi) is 6.26. The minimum atomic E-state index is -3.59. The molecule has 1 N–H and O–H groups in total. The van der Waals surface area contributed by atoms with Gasteiger partial charge in [-0.15, -0.1) is 0 Å². The van der Waals surface area contributed by atoms with E-state index in [-0.39, 0.29) is 29.1 Å². The molecule has 12 heteroatoms. The highest BCUT2D eigenvalue weighted by molar-refractivity contribution is 7.92. The summed E-state index contributed by atoms with van der Waals surface area (Å²) in [7, 11) is -3.59. The molecule has 10 nitrogen and oxygen atoms in total. The molecule has 2 aliphatic rings. The van der Waals surface area contributed by atoms with Crippen molar-refractivity contribution in [3.63, 3.8) is 0 Å². The Hall–Kier alpha value is -3.36. The summed E-state index contributed by atoms with van der Waals surface area (Å²) in [5.74, 6) is 0.559. The minimum absolute atomic E-state index is 0.0262. The largest absolute Gasteiger partial charge is 0.354 e. The average Bonchev–Trinajstić information content (AvgIpc) is 3.21. The number of aromatic nitrogens is 3. The molecule has 2 aromatic heterocycles. The maximum atomic E-state index is 13.7. The van der Waals surface area contributed by atoms with E-state index in [1.54, 1.807) is 15.5 Å². The Labute approximate surface area is 214 Å². The van der Waals surface area contributed by atoms with Crippen LogP contribution in [0.25, 0.3) is 5.65 Å². The number of sulfonamides is 1. The van der Waals surface area contributed by atoms with Gasteiger partial charge in [-0.05, 0) is 44.4 Å². The van der Waals surface area contributed by atoms with E-state index in [1.165, 1.54) is 12.1 Å². The second kappa shape index (κ2) is 9.26. The molecule has 3 aromatic rings. The molecule has 1 amide bonds. The Balaban J connectivity index is 1.47. The first-order valence-electron chi connectivity index (χ1n) is 11.7. The van der Waals surface area contributed by atoms with Gasteiger partial charge in [0.05, 0.1) is 41.2 Å². The Bertz CT molecular complexity index is 1490. The first kappa shape index (κ1) is 24.3. The molecule has 2 aliphatic heterocycles. The highest BCUT2D eigenvalue weighted by Gasteiger charge is 2.33. The van der Waals surface area contributed by atoms with Crippen molar-refractivity contribution in [1.82, 2.24) is 19.5 Å². The number of anilines is 2. The molecule has 0 radical (unpaired) electrons.